The highest BCUT2D eigenvalue weighted by Gasteiger charge is 2.54. The quantitative estimate of drug-likeness (QED) is 0.760. The van der Waals surface area contributed by atoms with Crippen molar-refractivity contribution >= 4 is 0 Å². The first kappa shape index (κ1) is 10.7. The number of aryl methyl sites for hydroxylation is 1. The molecule has 2 saturated carbocycles. The van der Waals surface area contributed by atoms with Gasteiger partial charge in [-0.2, -0.15) is 0 Å². The van der Waals surface area contributed by atoms with Gasteiger partial charge in [0.05, 0.1) is 6.10 Å². The van der Waals surface area contributed by atoms with E-state index in [-0.39, 0.29) is 23.2 Å². The molecule has 3 unspecified atom stereocenters. The molecule has 20 heavy (non-hydrogen) atoms. The monoisotopic (exact) mass is 276 g/mol. The maximum atomic E-state index is 10.4. The number of rotatable bonds is 0. The van der Waals surface area contributed by atoms with E-state index in [0.717, 1.165) is 36.8 Å². The molecular formula is C18H24O2. The van der Waals surface area contributed by atoms with Crippen molar-refractivity contribution in [3.05, 3.63) is 29.3 Å². The number of aliphatic hydroxyl groups excluding tert-OH is 1. The lowest BCUT2D eigenvalue weighted by Gasteiger charge is -2.50. The Hall–Kier alpha value is -1.02. The number of aromatic hydroxyl groups is 1. The average Bonchev–Trinajstić information content (AvgIpc) is 2.80. The van der Waals surface area contributed by atoms with Crippen LogP contribution < -0.4 is 0 Å². The second-order valence-electron chi connectivity index (χ2n) is 7.10. The van der Waals surface area contributed by atoms with E-state index < -0.39 is 12.8 Å². The minimum absolute atomic E-state index is 0.0748. The highest BCUT2D eigenvalue weighted by Crippen LogP contribution is 2.60. The third-order valence-corrected chi connectivity index (χ3v) is 6.25. The summed E-state index contributed by atoms with van der Waals surface area (Å²) in [7, 11) is 0. The SMILES string of the molecule is [3H]C1c2cc(O)ccc2[C@H]2CC[C@]3(C)C(O)CC[C@H]3[C@@H]2C1[3H]. The summed E-state index contributed by atoms with van der Waals surface area (Å²) in [6, 6.07) is 5.36. The molecule has 2 fully saturated rings. The smallest absolute Gasteiger partial charge is 0.115 e. The number of phenolic OH excluding ortho intramolecular Hbond substituents is 1. The van der Waals surface area contributed by atoms with Gasteiger partial charge in [0, 0.05) is 2.74 Å². The summed E-state index contributed by atoms with van der Waals surface area (Å²) < 4.78 is 17.1. The zero-order chi connectivity index (χ0) is 15.6. The van der Waals surface area contributed by atoms with Gasteiger partial charge in [0.25, 0.3) is 0 Å². The Morgan fingerprint density at radius 2 is 2.15 bits per heavy atom. The molecule has 1 aromatic carbocycles. The Labute approximate surface area is 123 Å². The van der Waals surface area contributed by atoms with Crippen LogP contribution >= 0.6 is 0 Å². The van der Waals surface area contributed by atoms with E-state index in [1.807, 2.05) is 6.07 Å². The molecule has 0 aliphatic heterocycles. The molecule has 3 aliphatic carbocycles. The molecular weight excluding hydrogens is 248 g/mol. The van der Waals surface area contributed by atoms with Crippen LogP contribution in [0.2, 0.25) is 0 Å². The van der Waals surface area contributed by atoms with E-state index in [1.165, 1.54) is 0 Å². The van der Waals surface area contributed by atoms with Crippen LogP contribution in [-0.4, -0.2) is 16.3 Å². The first-order valence-electron chi connectivity index (χ1n) is 8.94. The Balaban J connectivity index is 1.80. The van der Waals surface area contributed by atoms with Gasteiger partial charge in [-0.25, -0.2) is 0 Å². The number of fused-ring (bicyclic) bond motifs is 5. The van der Waals surface area contributed by atoms with E-state index in [0.29, 0.717) is 11.8 Å². The largest absolute Gasteiger partial charge is 0.508 e. The van der Waals surface area contributed by atoms with Crippen LogP contribution in [0.5, 0.6) is 5.75 Å². The van der Waals surface area contributed by atoms with Gasteiger partial charge < -0.3 is 10.2 Å². The van der Waals surface area contributed by atoms with Gasteiger partial charge in [-0.3, -0.25) is 0 Å². The summed E-state index contributed by atoms with van der Waals surface area (Å²) in [5.41, 5.74) is 1.92. The molecule has 0 amide bonds. The minimum Gasteiger partial charge on any atom is -0.508 e. The molecule has 0 heterocycles. The van der Waals surface area contributed by atoms with E-state index in [1.54, 1.807) is 12.1 Å². The van der Waals surface area contributed by atoms with Crippen LogP contribution in [0, 0.1) is 17.3 Å². The van der Waals surface area contributed by atoms with Gasteiger partial charge in [0.2, 0.25) is 0 Å². The third-order valence-electron chi connectivity index (χ3n) is 6.25. The molecule has 3 aliphatic rings. The lowest BCUT2D eigenvalue weighted by Crippen LogP contribution is -2.43. The number of hydrogen-bond acceptors (Lipinski definition) is 2. The number of phenols is 1. The van der Waals surface area contributed by atoms with Crippen LogP contribution in [0.25, 0.3) is 0 Å². The van der Waals surface area contributed by atoms with Crippen molar-refractivity contribution in [1.29, 1.82) is 0 Å². The molecule has 0 saturated heterocycles. The Morgan fingerprint density at radius 1 is 1.30 bits per heavy atom. The van der Waals surface area contributed by atoms with E-state index in [4.69, 9.17) is 2.74 Å². The van der Waals surface area contributed by atoms with Crippen LogP contribution in [0.1, 0.15) is 58.8 Å². The maximum Gasteiger partial charge on any atom is 0.115 e. The van der Waals surface area contributed by atoms with Crippen molar-refractivity contribution in [3.8, 4) is 5.75 Å². The zero-order valence-electron chi connectivity index (χ0n) is 13.9. The molecule has 0 radical (unpaired) electrons. The summed E-state index contributed by atoms with van der Waals surface area (Å²) in [5.74, 6) is 1.01. The van der Waals surface area contributed by atoms with Crippen LogP contribution in [0.15, 0.2) is 18.2 Å². The molecule has 7 atom stereocenters. The molecule has 1 aromatic rings. The second-order valence-corrected chi connectivity index (χ2v) is 7.10. The second kappa shape index (κ2) is 4.24. The van der Waals surface area contributed by atoms with Crippen LogP contribution in [0.4, 0.5) is 0 Å². The molecule has 0 spiro atoms. The third kappa shape index (κ3) is 1.60. The van der Waals surface area contributed by atoms with Crippen molar-refractivity contribution in [2.75, 3.05) is 0 Å². The first-order valence-corrected chi connectivity index (χ1v) is 7.79. The van der Waals surface area contributed by atoms with Crippen molar-refractivity contribution in [2.24, 2.45) is 17.3 Å². The fourth-order valence-electron chi connectivity index (χ4n) is 5.06. The molecule has 108 valence electrons. The molecule has 2 nitrogen and oxygen atoms in total. The predicted octanol–water partition coefficient (Wildman–Crippen LogP) is 3.61. The summed E-state index contributed by atoms with van der Waals surface area (Å²) in [5, 5.41) is 20.2. The van der Waals surface area contributed by atoms with Gasteiger partial charge in [0.1, 0.15) is 5.75 Å². The normalized spacial score (nSPS) is 51.5. The lowest BCUT2D eigenvalue weighted by molar-refractivity contribution is -0.0226. The topological polar surface area (TPSA) is 40.5 Å². The fraction of sp³-hybridized carbons (Fsp3) is 0.667. The average molecular weight is 276 g/mol. The van der Waals surface area contributed by atoms with Crippen molar-refractivity contribution in [2.45, 2.75) is 57.4 Å². The Bertz CT molecular complexity index is 605. The maximum absolute atomic E-state index is 10.4. The molecule has 0 bridgehead atoms. The Kier molecular flexibility index (Phi) is 2.26. The minimum atomic E-state index is -0.594. The van der Waals surface area contributed by atoms with Crippen LogP contribution in [0.3, 0.4) is 0 Å². The van der Waals surface area contributed by atoms with Crippen molar-refractivity contribution < 1.29 is 13.0 Å². The van der Waals surface area contributed by atoms with Crippen molar-refractivity contribution in [3.63, 3.8) is 0 Å². The summed E-state index contributed by atoms with van der Waals surface area (Å²) >= 11 is 0. The number of benzene rings is 1. The summed E-state index contributed by atoms with van der Waals surface area (Å²) in [6.45, 7) is 2.18. The highest BCUT2D eigenvalue weighted by molar-refractivity contribution is 5.40. The van der Waals surface area contributed by atoms with E-state index in [9.17, 15) is 10.2 Å². The Morgan fingerprint density at radius 3 is 3.00 bits per heavy atom. The summed E-state index contributed by atoms with van der Waals surface area (Å²) in [6.07, 6.45) is 2.48. The van der Waals surface area contributed by atoms with Gasteiger partial charge >= 0.3 is 0 Å². The van der Waals surface area contributed by atoms with Gasteiger partial charge in [0.15, 0.2) is 0 Å². The standard InChI is InChI=1S/C18H24O2/c1-18-9-8-14-13-5-3-12(19)10-11(13)2-4-15(14)16(18)6-7-17(18)20/h3,5,10,14-17,19-20H,2,4,6-9H2,1H3/t14-,15-,16+,17?,18+/m1/s1/i2T,4T/t2?,4?,14-,15-,16+,17?,18+. The molecule has 2 heteroatoms. The first-order chi connectivity index (χ1) is 10.4. The van der Waals surface area contributed by atoms with E-state index in [2.05, 4.69) is 6.92 Å². The van der Waals surface area contributed by atoms with Gasteiger partial charge in [-0.05, 0) is 84.9 Å². The predicted molar refractivity (Wildman–Crippen MR) is 78.7 cm³/mol. The highest BCUT2D eigenvalue weighted by atomic mass is 16.3. The number of aliphatic hydroxyl groups is 1. The van der Waals surface area contributed by atoms with E-state index >= 15 is 0 Å². The van der Waals surface area contributed by atoms with Gasteiger partial charge in [-0.15, -0.1) is 0 Å². The van der Waals surface area contributed by atoms with Gasteiger partial charge in [-0.1, -0.05) is 13.0 Å². The molecule has 4 rings (SSSR count). The van der Waals surface area contributed by atoms with Crippen molar-refractivity contribution in [1.82, 2.24) is 0 Å². The zero-order valence-corrected chi connectivity index (χ0v) is 11.9. The van der Waals surface area contributed by atoms with Crippen LogP contribution in [-0.2, 0) is 6.40 Å². The molecule has 2 N–H and O–H groups in total. The lowest BCUT2D eigenvalue weighted by atomic mass is 9.55. The number of hydrogen-bond donors (Lipinski definition) is 2. The fourth-order valence-corrected chi connectivity index (χ4v) is 5.06. The molecule has 0 aromatic heterocycles. The summed E-state index contributed by atoms with van der Waals surface area (Å²) in [4.78, 5) is 0.